The van der Waals surface area contributed by atoms with Crippen LogP contribution in [0.15, 0.2) is 41.8 Å². The van der Waals surface area contributed by atoms with Crippen LogP contribution >= 0.6 is 45.8 Å². The minimum Gasteiger partial charge on any atom is -0.490 e. The van der Waals surface area contributed by atoms with Gasteiger partial charge in [0, 0.05) is 26.9 Å². The topological polar surface area (TPSA) is 106 Å². The van der Waals surface area contributed by atoms with Gasteiger partial charge in [-0.25, -0.2) is 0 Å². The second-order valence-corrected chi connectivity index (χ2v) is 9.29. The highest BCUT2D eigenvalue weighted by atomic mass is 127. The van der Waals surface area contributed by atoms with Crippen LogP contribution in [-0.4, -0.2) is 16.8 Å². The zero-order valence-electron chi connectivity index (χ0n) is 17.7. The molecular weight excluding hydrogens is 578 g/mol. The number of benzene rings is 2. The predicted molar refractivity (Wildman–Crippen MR) is 134 cm³/mol. The summed E-state index contributed by atoms with van der Waals surface area (Å²) in [4.78, 5) is 0. The third-order valence-electron chi connectivity index (χ3n) is 5.18. The number of hydrogen-bond donors (Lipinski definition) is 2. The van der Waals surface area contributed by atoms with Crippen LogP contribution in [0.3, 0.4) is 0 Å². The molecule has 3 aromatic rings. The van der Waals surface area contributed by atoms with Gasteiger partial charge in [0.2, 0.25) is 11.8 Å². The quantitative estimate of drug-likeness (QED) is 0.347. The largest absolute Gasteiger partial charge is 0.490 e. The van der Waals surface area contributed by atoms with Crippen molar-refractivity contribution in [3.63, 3.8) is 0 Å². The van der Waals surface area contributed by atoms with Gasteiger partial charge in [0.1, 0.15) is 18.2 Å². The number of nitrogens with one attached hydrogen (secondary N) is 1. The van der Waals surface area contributed by atoms with Crippen molar-refractivity contribution < 1.29 is 14.2 Å². The van der Waals surface area contributed by atoms with Crippen LogP contribution in [0.2, 0.25) is 10.0 Å². The summed E-state index contributed by atoms with van der Waals surface area (Å²) in [7, 11) is 0. The van der Waals surface area contributed by atoms with E-state index < -0.39 is 5.92 Å². The van der Waals surface area contributed by atoms with E-state index in [2.05, 4.69) is 38.9 Å². The number of hydrogen-bond acceptors (Lipinski definition) is 6. The van der Waals surface area contributed by atoms with Gasteiger partial charge in [0.05, 0.1) is 16.1 Å². The van der Waals surface area contributed by atoms with E-state index in [1.54, 1.807) is 12.1 Å². The van der Waals surface area contributed by atoms with Gasteiger partial charge in [0.25, 0.3) is 0 Å². The molecule has 0 fully saturated rings. The molecule has 33 heavy (non-hydrogen) atoms. The van der Waals surface area contributed by atoms with E-state index >= 15 is 0 Å². The minimum atomic E-state index is -0.454. The molecule has 0 saturated carbocycles. The second kappa shape index (κ2) is 9.71. The van der Waals surface area contributed by atoms with Crippen LogP contribution in [0.5, 0.6) is 17.4 Å². The fourth-order valence-electron chi connectivity index (χ4n) is 3.68. The number of nitrogens with two attached hydrogens (primary N) is 1. The first-order valence-electron chi connectivity index (χ1n) is 9.99. The number of allylic oxidation sites excluding steroid dienone is 1. The van der Waals surface area contributed by atoms with Crippen molar-refractivity contribution in [1.29, 1.82) is 5.26 Å². The third-order valence-corrected chi connectivity index (χ3v) is 6.57. The number of aryl methyl sites for hydroxylation is 1. The van der Waals surface area contributed by atoms with Gasteiger partial charge in [-0.15, -0.1) is 5.10 Å². The first-order chi connectivity index (χ1) is 15.8. The highest BCUT2D eigenvalue weighted by molar-refractivity contribution is 14.1. The number of aromatic amines is 1. The van der Waals surface area contributed by atoms with Crippen molar-refractivity contribution in [1.82, 2.24) is 10.2 Å². The summed E-state index contributed by atoms with van der Waals surface area (Å²) in [6.45, 7) is 4.44. The maximum atomic E-state index is 9.82. The molecule has 1 aromatic heterocycles. The molecule has 0 aliphatic carbocycles. The summed E-state index contributed by atoms with van der Waals surface area (Å²) in [5.74, 6) is 1.07. The zero-order valence-corrected chi connectivity index (χ0v) is 21.4. The van der Waals surface area contributed by atoms with Crippen molar-refractivity contribution >= 4 is 45.8 Å². The van der Waals surface area contributed by atoms with Crippen LogP contribution in [0.4, 0.5) is 0 Å². The van der Waals surface area contributed by atoms with Gasteiger partial charge in [-0.3, -0.25) is 5.10 Å². The first-order valence-corrected chi connectivity index (χ1v) is 11.8. The number of H-pyrrole nitrogens is 1. The van der Waals surface area contributed by atoms with E-state index in [0.717, 1.165) is 26.0 Å². The summed E-state index contributed by atoms with van der Waals surface area (Å²) in [6, 6.07) is 11.3. The molecule has 0 spiro atoms. The average molecular weight is 597 g/mol. The van der Waals surface area contributed by atoms with Crippen LogP contribution in [0, 0.1) is 21.8 Å². The maximum absolute atomic E-state index is 9.82. The molecule has 10 heteroatoms. The lowest BCUT2D eigenvalue weighted by atomic mass is 9.84. The van der Waals surface area contributed by atoms with E-state index in [-0.39, 0.29) is 12.5 Å². The Morgan fingerprint density at radius 1 is 1.27 bits per heavy atom. The first kappa shape index (κ1) is 23.5. The van der Waals surface area contributed by atoms with Crippen molar-refractivity contribution in [3.8, 4) is 23.4 Å². The number of fused-ring (bicyclic) bond motifs is 1. The number of halogens is 3. The summed E-state index contributed by atoms with van der Waals surface area (Å²) in [5.41, 5.74) is 9.53. The Labute approximate surface area is 214 Å². The summed E-state index contributed by atoms with van der Waals surface area (Å²) in [6.07, 6.45) is 0. The van der Waals surface area contributed by atoms with Gasteiger partial charge >= 0.3 is 0 Å². The molecule has 0 bridgehead atoms. The molecule has 2 aromatic carbocycles. The van der Waals surface area contributed by atoms with Crippen LogP contribution in [0.1, 0.15) is 35.2 Å². The zero-order chi connectivity index (χ0) is 23.7. The molecule has 0 saturated heterocycles. The number of rotatable bonds is 6. The van der Waals surface area contributed by atoms with Gasteiger partial charge in [-0.05, 0) is 66.3 Å². The number of nitriles is 1. The average Bonchev–Trinajstić information content (AvgIpc) is 3.13. The van der Waals surface area contributed by atoms with Gasteiger partial charge in [-0.1, -0.05) is 29.3 Å². The maximum Gasteiger partial charge on any atom is 0.244 e. The van der Waals surface area contributed by atoms with E-state index in [0.29, 0.717) is 39.6 Å². The van der Waals surface area contributed by atoms with Gasteiger partial charge in [-0.2, -0.15) is 5.26 Å². The Bertz CT molecular complexity index is 1300. The third kappa shape index (κ3) is 4.58. The standard InChI is InChI=1S/C23H19Cl2IN4O3/c1-3-31-18-7-13(20-15(9-27)22(28)33-23-19(20)11(2)29-30-23)6-17(26)21(18)32-10-12-4-5-14(24)8-16(12)25/h4-8,20H,3,10,28H2,1-2H3,(H,29,30)/t20-/m0/s1. The predicted octanol–water partition coefficient (Wildman–Crippen LogP) is 5.83. The van der Waals surface area contributed by atoms with Crippen LogP contribution < -0.4 is 19.9 Å². The SMILES string of the molecule is CCOc1cc([C@H]2C(C#N)=C(N)Oc3n[nH]c(C)c32)cc(I)c1OCc1ccc(Cl)cc1Cl. The molecule has 2 heterocycles. The number of nitrogens with zero attached hydrogens (tertiary/aromatic N) is 2. The van der Waals surface area contributed by atoms with Crippen molar-refractivity contribution in [2.24, 2.45) is 5.73 Å². The summed E-state index contributed by atoms with van der Waals surface area (Å²) >= 11 is 14.5. The molecule has 4 rings (SSSR count). The lowest BCUT2D eigenvalue weighted by molar-refractivity contribution is 0.267. The highest BCUT2D eigenvalue weighted by Gasteiger charge is 2.35. The van der Waals surface area contributed by atoms with Crippen LogP contribution in [0.25, 0.3) is 0 Å². The van der Waals surface area contributed by atoms with E-state index in [4.69, 9.17) is 43.1 Å². The van der Waals surface area contributed by atoms with Gasteiger partial charge < -0.3 is 19.9 Å². The molecule has 7 nitrogen and oxygen atoms in total. The van der Waals surface area contributed by atoms with E-state index in [9.17, 15) is 5.26 Å². The molecule has 170 valence electrons. The number of ether oxygens (including phenoxy) is 3. The van der Waals surface area contributed by atoms with Gasteiger partial charge in [0.15, 0.2) is 11.5 Å². The fraction of sp³-hybridized carbons (Fsp3) is 0.217. The summed E-state index contributed by atoms with van der Waals surface area (Å²) in [5, 5.41) is 18.0. The Morgan fingerprint density at radius 2 is 2.06 bits per heavy atom. The Hall–Kier alpha value is -2.61. The lowest BCUT2D eigenvalue weighted by Crippen LogP contribution is -2.21. The number of aromatic nitrogens is 2. The molecule has 0 amide bonds. The molecule has 1 atom stereocenters. The van der Waals surface area contributed by atoms with Crippen molar-refractivity contribution in [2.45, 2.75) is 26.4 Å². The fourth-order valence-corrected chi connectivity index (χ4v) is 4.92. The Morgan fingerprint density at radius 3 is 2.76 bits per heavy atom. The van der Waals surface area contributed by atoms with E-state index in [1.165, 1.54) is 0 Å². The second-order valence-electron chi connectivity index (χ2n) is 7.28. The molecule has 1 aliphatic heterocycles. The molecule has 3 N–H and O–H groups in total. The normalized spacial score (nSPS) is 15.0. The highest BCUT2D eigenvalue weighted by Crippen LogP contribution is 2.46. The summed E-state index contributed by atoms with van der Waals surface area (Å²) < 4.78 is 18.4. The van der Waals surface area contributed by atoms with Crippen molar-refractivity contribution in [3.05, 3.63) is 77.8 Å². The van der Waals surface area contributed by atoms with E-state index in [1.807, 2.05) is 32.0 Å². The Balaban J connectivity index is 1.76. The monoisotopic (exact) mass is 596 g/mol. The molecule has 0 unspecified atom stereocenters. The lowest BCUT2D eigenvalue weighted by Gasteiger charge is -2.25. The minimum absolute atomic E-state index is 0.0344. The molecule has 0 radical (unpaired) electrons. The molecular formula is C23H19Cl2IN4O3. The smallest absolute Gasteiger partial charge is 0.244 e. The van der Waals surface area contributed by atoms with Crippen LogP contribution in [-0.2, 0) is 6.61 Å². The molecule has 1 aliphatic rings. The Kier molecular flexibility index (Phi) is 6.93. The van der Waals surface area contributed by atoms with Crippen molar-refractivity contribution in [2.75, 3.05) is 6.61 Å².